The lowest BCUT2D eigenvalue weighted by Crippen LogP contribution is -2.38. The summed E-state index contributed by atoms with van der Waals surface area (Å²) >= 11 is 0. The van der Waals surface area contributed by atoms with E-state index in [1.54, 1.807) is 4.90 Å². The summed E-state index contributed by atoms with van der Waals surface area (Å²) in [6.07, 6.45) is 6.02. The van der Waals surface area contributed by atoms with Gasteiger partial charge < -0.3 is 4.90 Å². The molecule has 15 heavy (non-hydrogen) atoms. The average molecular weight is 210 g/mol. The molecule has 1 saturated carbocycles. The second-order valence-electron chi connectivity index (χ2n) is 4.77. The molecule has 1 aliphatic heterocycles. The van der Waals surface area contributed by atoms with E-state index < -0.39 is 0 Å². The van der Waals surface area contributed by atoms with E-state index in [2.05, 4.69) is 12.2 Å². The van der Waals surface area contributed by atoms with Gasteiger partial charge in [-0.1, -0.05) is 19.8 Å². The number of hydrogen-bond donors (Lipinski definition) is 1. The second-order valence-corrected chi connectivity index (χ2v) is 4.77. The monoisotopic (exact) mass is 210 g/mol. The fraction of sp³-hybridized carbons (Fsp3) is 0.818. The third-order valence-corrected chi connectivity index (χ3v) is 3.81. The van der Waals surface area contributed by atoms with Crippen LogP contribution in [0.4, 0.5) is 4.79 Å². The molecule has 3 amide bonds. The van der Waals surface area contributed by atoms with Crippen LogP contribution in [0.15, 0.2) is 0 Å². The molecular weight excluding hydrogens is 192 g/mol. The molecule has 2 aliphatic rings. The van der Waals surface area contributed by atoms with Gasteiger partial charge in [-0.25, -0.2) is 4.79 Å². The minimum absolute atomic E-state index is 0.163. The Hall–Kier alpha value is -1.06. The van der Waals surface area contributed by atoms with Crippen molar-refractivity contribution in [2.75, 3.05) is 13.1 Å². The van der Waals surface area contributed by atoms with Crippen molar-refractivity contribution in [2.24, 2.45) is 5.41 Å². The molecule has 2 fully saturated rings. The van der Waals surface area contributed by atoms with Gasteiger partial charge in [0.25, 0.3) is 0 Å². The average Bonchev–Trinajstić information content (AvgIpc) is 2.76. The largest absolute Gasteiger partial charge is 0.324 e. The first-order valence-electron chi connectivity index (χ1n) is 5.74. The fourth-order valence-corrected chi connectivity index (χ4v) is 2.76. The summed E-state index contributed by atoms with van der Waals surface area (Å²) in [6, 6.07) is -0.209. The Kier molecular flexibility index (Phi) is 2.67. The molecule has 84 valence electrons. The lowest BCUT2D eigenvalue weighted by Gasteiger charge is -2.31. The van der Waals surface area contributed by atoms with Gasteiger partial charge >= 0.3 is 6.03 Å². The molecular formula is C11H18N2O2. The Labute approximate surface area is 90.0 Å². The van der Waals surface area contributed by atoms with Gasteiger partial charge in [-0.15, -0.1) is 0 Å². The second kappa shape index (κ2) is 3.83. The molecule has 0 bridgehead atoms. The fourth-order valence-electron chi connectivity index (χ4n) is 2.76. The predicted molar refractivity (Wildman–Crippen MR) is 56.3 cm³/mol. The van der Waals surface area contributed by atoms with Crippen molar-refractivity contribution in [1.29, 1.82) is 0 Å². The summed E-state index contributed by atoms with van der Waals surface area (Å²) in [6.45, 7) is 3.18. The zero-order valence-electron chi connectivity index (χ0n) is 9.21. The number of nitrogens with zero attached hydrogens (tertiary/aromatic N) is 1. The Morgan fingerprint density at radius 2 is 2.00 bits per heavy atom. The van der Waals surface area contributed by atoms with Crippen molar-refractivity contribution in [3.8, 4) is 0 Å². The normalized spacial score (nSPS) is 24.7. The molecule has 0 spiro atoms. The molecule has 4 nitrogen and oxygen atoms in total. The maximum Gasteiger partial charge on any atom is 0.324 e. The maximum atomic E-state index is 11.4. The summed E-state index contributed by atoms with van der Waals surface area (Å²) in [7, 11) is 0. The van der Waals surface area contributed by atoms with Crippen LogP contribution in [0.5, 0.6) is 0 Å². The summed E-state index contributed by atoms with van der Waals surface area (Å²) in [5.41, 5.74) is 0.280. The topological polar surface area (TPSA) is 49.4 Å². The van der Waals surface area contributed by atoms with Crippen LogP contribution in [0.2, 0.25) is 0 Å². The zero-order valence-corrected chi connectivity index (χ0v) is 9.21. The molecule has 0 aromatic heterocycles. The number of carbonyl (C=O) groups is 2. The maximum absolute atomic E-state index is 11.4. The van der Waals surface area contributed by atoms with Crippen molar-refractivity contribution in [3.05, 3.63) is 0 Å². The standard InChI is InChI=1S/C11H18N2O2/c1-2-11(5-3-4-6-11)8-13-7-9(14)12-10(13)15/h2-8H2,1H3,(H,12,14,15). The molecule has 1 saturated heterocycles. The van der Waals surface area contributed by atoms with Crippen LogP contribution >= 0.6 is 0 Å². The molecule has 1 heterocycles. The van der Waals surface area contributed by atoms with E-state index in [1.165, 1.54) is 25.7 Å². The van der Waals surface area contributed by atoms with Crippen LogP contribution in [-0.4, -0.2) is 29.9 Å². The molecule has 0 unspecified atom stereocenters. The molecule has 4 heteroatoms. The summed E-state index contributed by atoms with van der Waals surface area (Å²) < 4.78 is 0. The smallest absolute Gasteiger partial charge is 0.315 e. The van der Waals surface area contributed by atoms with Gasteiger partial charge in [0.2, 0.25) is 5.91 Å². The molecule has 2 rings (SSSR count). The van der Waals surface area contributed by atoms with Crippen molar-refractivity contribution in [3.63, 3.8) is 0 Å². The van der Waals surface area contributed by atoms with Crippen LogP contribution in [0.25, 0.3) is 0 Å². The van der Waals surface area contributed by atoms with Crippen LogP contribution in [0.1, 0.15) is 39.0 Å². The number of carbonyl (C=O) groups excluding carboxylic acids is 2. The van der Waals surface area contributed by atoms with Gasteiger partial charge in [0.1, 0.15) is 6.54 Å². The first kappa shape index (κ1) is 10.5. The Morgan fingerprint density at radius 1 is 1.33 bits per heavy atom. The Balaban J connectivity index is 2.01. The molecule has 1 N–H and O–H groups in total. The number of hydrogen-bond acceptors (Lipinski definition) is 2. The Morgan fingerprint density at radius 3 is 2.47 bits per heavy atom. The van der Waals surface area contributed by atoms with E-state index in [9.17, 15) is 9.59 Å². The van der Waals surface area contributed by atoms with Crippen LogP contribution < -0.4 is 5.32 Å². The molecule has 0 atom stereocenters. The zero-order chi connectivity index (χ0) is 10.9. The lowest BCUT2D eigenvalue weighted by molar-refractivity contribution is -0.118. The third kappa shape index (κ3) is 1.98. The van der Waals surface area contributed by atoms with Crippen LogP contribution in [0, 0.1) is 5.41 Å². The summed E-state index contributed by atoms with van der Waals surface area (Å²) in [5.74, 6) is -0.163. The van der Waals surface area contributed by atoms with Crippen LogP contribution in [-0.2, 0) is 4.79 Å². The third-order valence-electron chi connectivity index (χ3n) is 3.81. The molecule has 0 radical (unpaired) electrons. The van der Waals surface area contributed by atoms with Gasteiger partial charge in [-0.05, 0) is 24.7 Å². The van der Waals surface area contributed by atoms with Gasteiger partial charge in [-0.2, -0.15) is 0 Å². The first-order chi connectivity index (χ1) is 7.15. The number of nitrogens with one attached hydrogen (secondary N) is 1. The van der Waals surface area contributed by atoms with Gasteiger partial charge in [-0.3, -0.25) is 10.1 Å². The Bertz CT molecular complexity index is 282. The van der Waals surface area contributed by atoms with E-state index in [0.717, 1.165) is 13.0 Å². The van der Waals surface area contributed by atoms with E-state index in [0.29, 0.717) is 0 Å². The molecule has 0 aromatic carbocycles. The highest BCUT2D eigenvalue weighted by atomic mass is 16.2. The highest BCUT2D eigenvalue weighted by Gasteiger charge is 2.38. The number of amides is 3. The van der Waals surface area contributed by atoms with Gasteiger partial charge in [0, 0.05) is 6.54 Å². The van der Waals surface area contributed by atoms with Gasteiger partial charge in [0.05, 0.1) is 0 Å². The summed E-state index contributed by atoms with van der Waals surface area (Å²) in [5, 5.41) is 2.33. The van der Waals surface area contributed by atoms with Crippen molar-refractivity contribution >= 4 is 11.9 Å². The molecule has 1 aliphatic carbocycles. The van der Waals surface area contributed by atoms with E-state index in [1.807, 2.05) is 0 Å². The highest BCUT2D eigenvalue weighted by molar-refractivity contribution is 6.01. The SMILES string of the molecule is CCC1(CN2CC(=O)NC2=O)CCCC1. The number of urea groups is 1. The van der Waals surface area contributed by atoms with Crippen LogP contribution in [0.3, 0.4) is 0 Å². The lowest BCUT2D eigenvalue weighted by atomic mass is 9.83. The van der Waals surface area contributed by atoms with Gasteiger partial charge in [0.15, 0.2) is 0 Å². The summed E-state index contributed by atoms with van der Waals surface area (Å²) in [4.78, 5) is 24.1. The molecule has 0 aromatic rings. The van der Waals surface area contributed by atoms with E-state index in [4.69, 9.17) is 0 Å². The number of rotatable bonds is 3. The number of imide groups is 1. The van der Waals surface area contributed by atoms with Crippen molar-refractivity contribution in [2.45, 2.75) is 39.0 Å². The minimum Gasteiger partial charge on any atom is -0.315 e. The van der Waals surface area contributed by atoms with Crippen molar-refractivity contribution in [1.82, 2.24) is 10.2 Å². The van der Waals surface area contributed by atoms with E-state index >= 15 is 0 Å². The minimum atomic E-state index is -0.209. The van der Waals surface area contributed by atoms with Crippen molar-refractivity contribution < 1.29 is 9.59 Å². The predicted octanol–water partition coefficient (Wildman–Crippen LogP) is 1.51. The van der Waals surface area contributed by atoms with E-state index in [-0.39, 0.29) is 23.9 Å². The quantitative estimate of drug-likeness (QED) is 0.718. The first-order valence-corrected chi connectivity index (χ1v) is 5.74. The highest BCUT2D eigenvalue weighted by Crippen LogP contribution is 2.41.